The van der Waals surface area contributed by atoms with Gasteiger partial charge in [-0.15, -0.1) is 0 Å². The fourth-order valence-corrected chi connectivity index (χ4v) is 1.27. The Morgan fingerprint density at radius 2 is 2.22 bits per heavy atom. The number of carbonyl (C=O) groups is 1. The number of halogens is 1. The van der Waals surface area contributed by atoms with Crippen LogP contribution in [0.2, 0.25) is 0 Å². The van der Waals surface area contributed by atoms with Crippen molar-refractivity contribution >= 4 is 17.6 Å². The van der Waals surface area contributed by atoms with Crippen molar-refractivity contribution in [1.29, 1.82) is 0 Å². The Balaban J connectivity index is 2.47. The summed E-state index contributed by atoms with van der Waals surface area (Å²) in [6.45, 7) is 3.71. The molecule has 0 aliphatic heterocycles. The normalized spacial score (nSPS) is 11.4. The van der Waals surface area contributed by atoms with Gasteiger partial charge in [-0.3, -0.25) is 4.79 Å². The second kappa shape index (κ2) is 6.58. The standard InChI is InChI=1S/C12H17FN4O/c1-8(2)16-12(14)15-7-11(18)17-10-5-3-4-9(13)6-10/h3-6,8H,7H2,1-2H3,(H,17,18)(H3,14,15,16). The zero-order valence-electron chi connectivity index (χ0n) is 10.4. The van der Waals surface area contributed by atoms with Gasteiger partial charge in [-0.2, -0.15) is 0 Å². The molecule has 18 heavy (non-hydrogen) atoms. The van der Waals surface area contributed by atoms with E-state index in [1.165, 1.54) is 18.2 Å². The van der Waals surface area contributed by atoms with Crippen LogP contribution in [-0.4, -0.2) is 24.5 Å². The number of amides is 1. The summed E-state index contributed by atoms with van der Waals surface area (Å²) in [5.41, 5.74) is 5.93. The number of hydrogen-bond acceptors (Lipinski definition) is 2. The van der Waals surface area contributed by atoms with Crippen LogP contribution in [0.1, 0.15) is 13.8 Å². The highest BCUT2D eigenvalue weighted by atomic mass is 19.1. The molecule has 0 unspecified atom stereocenters. The van der Waals surface area contributed by atoms with Gasteiger partial charge in [0.2, 0.25) is 5.91 Å². The van der Waals surface area contributed by atoms with E-state index in [2.05, 4.69) is 15.6 Å². The van der Waals surface area contributed by atoms with Gasteiger partial charge in [0.25, 0.3) is 0 Å². The average molecular weight is 252 g/mol. The largest absolute Gasteiger partial charge is 0.370 e. The van der Waals surface area contributed by atoms with Crippen molar-refractivity contribution in [2.75, 3.05) is 11.9 Å². The molecule has 0 spiro atoms. The van der Waals surface area contributed by atoms with Gasteiger partial charge >= 0.3 is 0 Å². The molecule has 1 rings (SSSR count). The van der Waals surface area contributed by atoms with Crippen LogP contribution in [0.4, 0.5) is 10.1 Å². The van der Waals surface area contributed by atoms with Crippen molar-refractivity contribution in [3.63, 3.8) is 0 Å². The lowest BCUT2D eigenvalue weighted by Gasteiger charge is -2.08. The van der Waals surface area contributed by atoms with Gasteiger partial charge in [-0.25, -0.2) is 9.38 Å². The number of nitrogens with one attached hydrogen (secondary N) is 2. The predicted octanol–water partition coefficient (Wildman–Crippen LogP) is 1.08. The van der Waals surface area contributed by atoms with Gasteiger partial charge in [0.1, 0.15) is 12.4 Å². The molecule has 0 aromatic heterocycles. The fourth-order valence-electron chi connectivity index (χ4n) is 1.27. The molecule has 0 bridgehead atoms. The summed E-state index contributed by atoms with van der Waals surface area (Å²) >= 11 is 0. The molecule has 6 heteroatoms. The van der Waals surface area contributed by atoms with E-state index in [4.69, 9.17) is 5.73 Å². The summed E-state index contributed by atoms with van der Waals surface area (Å²) in [5, 5.41) is 5.38. The van der Waals surface area contributed by atoms with Gasteiger partial charge < -0.3 is 16.4 Å². The lowest BCUT2D eigenvalue weighted by Crippen LogP contribution is -2.37. The van der Waals surface area contributed by atoms with Crippen molar-refractivity contribution in [2.45, 2.75) is 19.9 Å². The molecule has 0 saturated carbocycles. The molecule has 1 amide bonds. The molecule has 0 saturated heterocycles. The summed E-state index contributed by atoms with van der Waals surface area (Å²) in [4.78, 5) is 15.4. The molecule has 1 aromatic rings. The molecule has 0 atom stereocenters. The molecule has 5 nitrogen and oxygen atoms in total. The third-order valence-corrected chi connectivity index (χ3v) is 1.94. The highest BCUT2D eigenvalue weighted by Crippen LogP contribution is 2.08. The minimum absolute atomic E-state index is 0.109. The number of nitrogens with zero attached hydrogens (tertiary/aromatic N) is 1. The maximum absolute atomic E-state index is 12.9. The molecule has 0 radical (unpaired) electrons. The van der Waals surface area contributed by atoms with Gasteiger partial charge in [-0.05, 0) is 32.0 Å². The molecular weight excluding hydrogens is 235 g/mol. The van der Waals surface area contributed by atoms with E-state index in [9.17, 15) is 9.18 Å². The van der Waals surface area contributed by atoms with Crippen molar-refractivity contribution in [3.05, 3.63) is 30.1 Å². The zero-order valence-corrected chi connectivity index (χ0v) is 10.4. The van der Waals surface area contributed by atoms with Crippen LogP contribution < -0.4 is 16.4 Å². The van der Waals surface area contributed by atoms with E-state index in [-0.39, 0.29) is 24.5 Å². The second-order valence-corrected chi connectivity index (χ2v) is 4.06. The number of aliphatic imine (C=N–C) groups is 1. The van der Waals surface area contributed by atoms with Crippen LogP contribution in [0, 0.1) is 5.82 Å². The van der Waals surface area contributed by atoms with Crippen molar-refractivity contribution in [3.8, 4) is 0 Å². The first-order valence-corrected chi connectivity index (χ1v) is 5.59. The summed E-state index contributed by atoms with van der Waals surface area (Å²) in [6.07, 6.45) is 0. The highest BCUT2D eigenvalue weighted by molar-refractivity contribution is 5.93. The predicted molar refractivity (Wildman–Crippen MR) is 69.8 cm³/mol. The van der Waals surface area contributed by atoms with E-state index >= 15 is 0 Å². The number of guanidine groups is 1. The minimum atomic E-state index is -0.405. The third kappa shape index (κ3) is 5.29. The number of nitrogens with two attached hydrogens (primary N) is 1. The molecule has 0 heterocycles. The molecule has 4 N–H and O–H groups in total. The number of hydrogen-bond donors (Lipinski definition) is 3. The molecule has 0 aliphatic carbocycles. The van der Waals surface area contributed by atoms with E-state index in [0.29, 0.717) is 5.69 Å². The molecule has 0 fully saturated rings. The van der Waals surface area contributed by atoms with Gasteiger partial charge in [0.15, 0.2) is 5.96 Å². The Kier molecular flexibility index (Phi) is 5.10. The maximum atomic E-state index is 12.9. The van der Waals surface area contributed by atoms with Crippen LogP contribution in [0.25, 0.3) is 0 Å². The van der Waals surface area contributed by atoms with Crippen LogP contribution in [0.5, 0.6) is 0 Å². The lowest BCUT2D eigenvalue weighted by atomic mass is 10.3. The van der Waals surface area contributed by atoms with E-state index in [0.717, 1.165) is 0 Å². The van der Waals surface area contributed by atoms with Crippen LogP contribution in [-0.2, 0) is 4.79 Å². The smallest absolute Gasteiger partial charge is 0.246 e. The first-order valence-electron chi connectivity index (χ1n) is 5.59. The first-order chi connectivity index (χ1) is 8.47. The van der Waals surface area contributed by atoms with Crippen molar-refractivity contribution < 1.29 is 9.18 Å². The quantitative estimate of drug-likeness (QED) is 0.554. The van der Waals surface area contributed by atoms with Crippen LogP contribution >= 0.6 is 0 Å². The van der Waals surface area contributed by atoms with Gasteiger partial charge in [0, 0.05) is 11.7 Å². The van der Waals surface area contributed by atoms with Gasteiger partial charge in [-0.1, -0.05) is 6.07 Å². The maximum Gasteiger partial charge on any atom is 0.246 e. The van der Waals surface area contributed by atoms with Crippen molar-refractivity contribution in [1.82, 2.24) is 5.32 Å². The SMILES string of the molecule is CC(C)NC(N)=NCC(=O)Nc1cccc(F)c1. The minimum Gasteiger partial charge on any atom is -0.370 e. The zero-order chi connectivity index (χ0) is 13.5. The van der Waals surface area contributed by atoms with E-state index in [1.807, 2.05) is 13.8 Å². The first kappa shape index (κ1) is 14.0. The number of anilines is 1. The number of rotatable bonds is 4. The number of benzene rings is 1. The molecule has 0 aliphatic rings. The average Bonchev–Trinajstić information content (AvgIpc) is 2.25. The van der Waals surface area contributed by atoms with Gasteiger partial charge in [0.05, 0.1) is 0 Å². The Labute approximate surface area is 105 Å². The van der Waals surface area contributed by atoms with Crippen LogP contribution in [0.15, 0.2) is 29.3 Å². The molecular formula is C12H17FN4O. The monoisotopic (exact) mass is 252 g/mol. The Morgan fingerprint density at radius 3 is 2.83 bits per heavy atom. The summed E-state index contributed by atoms with van der Waals surface area (Å²) < 4.78 is 12.9. The molecule has 1 aromatic carbocycles. The third-order valence-electron chi connectivity index (χ3n) is 1.94. The fraction of sp³-hybridized carbons (Fsp3) is 0.333. The second-order valence-electron chi connectivity index (χ2n) is 4.06. The van der Waals surface area contributed by atoms with Crippen LogP contribution in [0.3, 0.4) is 0 Å². The Morgan fingerprint density at radius 1 is 1.50 bits per heavy atom. The highest BCUT2D eigenvalue weighted by Gasteiger charge is 2.03. The summed E-state index contributed by atoms with van der Waals surface area (Å²) in [6, 6.07) is 5.80. The topological polar surface area (TPSA) is 79.5 Å². The van der Waals surface area contributed by atoms with E-state index in [1.54, 1.807) is 6.07 Å². The van der Waals surface area contributed by atoms with E-state index < -0.39 is 5.82 Å². The molecule has 98 valence electrons. The Bertz CT molecular complexity index is 445. The van der Waals surface area contributed by atoms with Crippen molar-refractivity contribution in [2.24, 2.45) is 10.7 Å². The summed E-state index contributed by atoms with van der Waals surface area (Å²) in [7, 11) is 0. The lowest BCUT2D eigenvalue weighted by molar-refractivity contribution is -0.114. The number of carbonyl (C=O) groups excluding carboxylic acids is 1. The Hall–Kier alpha value is -2.11. The summed E-state index contributed by atoms with van der Waals surface area (Å²) in [5.74, 6) is -0.550.